The van der Waals surface area contributed by atoms with Gasteiger partial charge in [0.15, 0.2) is 0 Å². The summed E-state index contributed by atoms with van der Waals surface area (Å²) in [7, 11) is -3.27. The van der Waals surface area contributed by atoms with E-state index in [1.165, 1.54) is 0 Å². The van der Waals surface area contributed by atoms with Crippen LogP contribution in [0.4, 0.5) is 0 Å². The molecule has 1 aliphatic rings. The Kier molecular flexibility index (Phi) is 2.86. The highest BCUT2D eigenvalue weighted by molar-refractivity contribution is 7.86. The molecule has 0 aromatic heterocycles. The molecule has 5 heteroatoms. The van der Waals surface area contributed by atoms with Crippen molar-refractivity contribution in [3.63, 3.8) is 0 Å². The van der Waals surface area contributed by atoms with Gasteiger partial charge in [-0.25, -0.2) is 0 Å². The third kappa shape index (κ3) is 2.76. The van der Waals surface area contributed by atoms with Crippen molar-refractivity contribution in [1.29, 1.82) is 0 Å². The minimum atomic E-state index is -3.27. The maximum Gasteiger partial charge on any atom is 0.267 e. The SMILES string of the molecule is CCS(=O)(=O)OC[C@@H]1CCO1. The molecule has 0 radical (unpaired) electrons. The Balaban J connectivity index is 2.20. The van der Waals surface area contributed by atoms with Crippen molar-refractivity contribution < 1.29 is 17.3 Å². The van der Waals surface area contributed by atoms with Gasteiger partial charge in [0.25, 0.3) is 10.1 Å². The van der Waals surface area contributed by atoms with Crippen LogP contribution in [-0.2, 0) is 19.0 Å². The molecule has 0 unspecified atom stereocenters. The van der Waals surface area contributed by atoms with Crippen LogP contribution in [-0.4, -0.2) is 33.5 Å². The van der Waals surface area contributed by atoms with Crippen molar-refractivity contribution in [3.8, 4) is 0 Å². The molecule has 1 atom stereocenters. The lowest BCUT2D eigenvalue weighted by Gasteiger charge is -2.25. The normalized spacial score (nSPS) is 24.6. The fraction of sp³-hybridized carbons (Fsp3) is 1.00. The summed E-state index contributed by atoms with van der Waals surface area (Å²) in [5, 5.41) is 0. The van der Waals surface area contributed by atoms with Gasteiger partial charge >= 0.3 is 0 Å². The second-order valence-electron chi connectivity index (χ2n) is 2.41. The molecule has 1 fully saturated rings. The second-order valence-corrected chi connectivity index (χ2v) is 4.34. The molecule has 1 rings (SSSR count). The van der Waals surface area contributed by atoms with Gasteiger partial charge in [-0.3, -0.25) is 4.18 Å². The molecule has 0 aliphatic carbocycles. The van der Waals surface area contributed by atoms with E-state index < -0.39 is 10.1 Å². The highest BCUT2D eigenvalue weighted by Gasteiger charge is 2.20. The lowest BCUT2D eigenvalue weighted by atomic mass is 10.2. The van der Waals surface area contributed by atoms with Crippen LogP contribution in [0.1, 0.15) is 13.3 Å². The van der Waals surface area contributed by atoms with Crippen LogP contribution in [0.25, 0.3) is 0 Å². The summed E-state index contributed by atoms with van der Waals surface area (Å²) in [5.74, 6) is 0.0275. The summed E-state index contributed by atoms with van der Waals surface area (Å²) in [6, 6.07) is 0. The summed E-state index contributed by atoms with van der Waals surface area (Å²) in [5.41, 5.74) is 0. The Morgan fingerprint density at radius 2 is 2.27 bits per heavy atom. The predicted octanol–water partition coefficient (Wildman–Crippen LogP) is 0.142. The monoisotopic (exact) mass is 180 g/mol. The lowest BCUT2D eigenvalue weighted by Crippen LogP contribution is -2.32. The van der Waals surface area contributed by atoms with E-state index in [9.17, 15) is 8.42 Å². The van der Waals surface area contributed by atoms with Crippen molar-refractivity contribution in [2.45, 2.75) is 19.4 Å². The van der Waals surface area contributed by atoms with E-state index in [2.05, 4.69) is 4.18 Å². The quantitative estimate of drug-likeness (QED) is 0.577. The van der Waals surface area contributed by atoms with Gasteiger partial charge in [-0.2, -0.15) is 8.42 Å². The zero-order chi connectivity index (χ0) is 8.32. The van der Waals surface area contributed by atoms with E-state index in [4.69, 9.17) is 4.74 Å². The fourth-order valence-corrected chi connectivity index (χ4v) is 1.20. The largest absolute Gasteiger partial charge is 0.376 e. The van der Waals surface area contributed by atoms with Crippen molar-refractivity contribution in [2.75, 3.05) is 19.0 Å². The van der Waals surface area contributed by atoms with E-state index in [0.29, 0.717) is 0 Å². The van der Waals surface area contributed by atoms with Crippen LogP contribution in [0.2, 0.25) is 0 Å². The molecule has 0 N–H and O–H groups in total. The first-order chi connectivity index (χ1) is 5.14. The topological polar surface area (TPSA) is 52.6 Å². The third-order valence-corrected chi connectivity index (χ3v) is 2.78. The number of hydrogen-bond acceptors (Lipinski definition) is 4. The van der Waals surface area contributed by atoms with Crippen LogP contribution >= 0.6 is 0 Å². The van der Waals surface area contributed by atoms with Gasteiger partial charge in [-0.1, -0.05) is 0 Å². The molecule has 1 aliphatic heterocycles. The van der Waals surface area contributed by atoms with Gasteiger partial charge < -0.3 is 4.74 Å². The molecule has 0 aromatic rings. The van der Waals surface area contributed by atoms with E-state index in [0.717, 1.165) is 13.0 Å². The summed E-state index contributed by atoms with van der Waals surface area (Å²) in [6.07, 6.45) is 0.899. The van der Waals surface area contributed by atoms with Gasteiger partial charge in [-0.15, -0.1) is 0 Å². The van der Waals surface area contributed by atoms with Crippen molar-refractivity contribution in [3.05, 3.63) is 0 Å². The van der Waals surface area contributed by atoms with E-state index in [-0.39, 0.29) is 18.5 Å². The molecule has 11 heavy (non-hydrogen) atoms. The van der Waals surface area contributed by atoms with Crippen molar-refractivity contribution in [2.24, 2.45) is 0 Å². The average Bonchev–Trinajstić information content (AvgIpc) is 1.84. The Morgan fingerprint density at radius 1 is 1.64 bits per heavy atom. The van der Waals surface area contributed by atoms with Crippen molar-refractivity contribution in [1.82, 2.24) is 0 Å². The summed E-state index contributed by atoms with van der Waals surface area (Å²) in [6.45, 7) is 2.45. The molecule has 66 valence electrons. The van der Waals surface area contributed by atoms with Crippen LogP contribution < -0.4 is 0 Å². The summed E-state index contributed by atoms with van der Waals surface area (Å²) in [4.78, 5) is 0. The molecule has 0 saturated carbocycles. The summed E-state index contributed by atoms with van der Waals surface area (Å²) < 4.78 is 31.1. The standard InChI is InChI=1S/C6H12O4S/c1-2-11(7,8)10-5-6-3-4-9-6/h6H,2-5H2,1H3/t6-/m0/s1. The van der Waals surface area contributed by atoms with Gasteiger partial charge in [0.2, 0.25) is 0 Å². The molecule has 4 nitrogen and oxygen atoms in total. The first-order valence-corrected chi connectivity index (χ1v) is 5.20. The molecular formula is C6H12O4S. The highest BCUT2D eigenvalue weighted by atomic mass is 32.2. The predicted molar refractivity (Wildman–Crippen MR) is 39.8 cm³/mol. The fourth-order valence-electron chi connectivity index (χ4n) is 0.679. The molecule has 1 heterocycles. The van der Waals surface area contributed by atoms with E-state index in [1.807, 2.05) is 0 Å². The number of hydrogen-bond donors (Lipinski definition) is 0. The minimum Gasteiger partial charge on any atom is -0.376 e. The Bertz CT molecular complexity index is 205. The molecule has 0 aromatic carbocycles. The average molecular weight is 180 g/mol. The molecular weight excluding hydrogens is 168 g/mol. The van der Waals surface area contributed by atoms with Crippen LogP contribution in [0.15, 0.2) is 0 Å². The summed E-state index contributed by atoms with van der Waals surface area (Å²) >= 11 is 0. The zero-order valence-electron chi connectivity index (χ0n) is 6.45. The Morgan fingerprint density at radius 3 is 2.64 bits per heavy atom. The maximum atomic E-state index is 10.8. The van der Waals surface area contributed by atoms with Gasteiger partial charge in [0.05, 0.1) is 18.5 Å². The lowest BCUT2D eigenvalue weighted by molar-refractivity contribution is -0.0710. The van der Waals surface area contributed by atoms with Crippen LogP contribution in [0, 0.1) is 0 Å². The second kappa shape index (κ2) is 3.51. The van der Waals surface area contributed by atoms with E-state index >= 15 is 0 Å². The first kappa shape index (κ1) is 8.96. The van der Waals surface area contributed by atoms with Crippen molar-refractivity contribution >= 4 is 10.1 Å². The molecule has 0 spiro atoms. The molecule has 1 saturated heterocycles. The molecule has 0 amide bonds. The smallest absolute Gasteiger partial charge is 0.267 e. The van der Waals surface area contributed by atoms with E-state index in [1.54, 1.807) is 6.92 Å². The van der Waals surface area contributed by atoms with Crippen LogP contribution in [0.3, 0.4) is 0 Å². The maximum absolute atomic E-state index is 10.8. The number of rotatable bonds is 4. The van der Waals surface area contributed by atoms with Gasteiger partial charge in [-0.05, 0) is 13.3 Å². The van der Waals surface area contributed by atoms with Crippen LogP contribution in [0.5, 0.6) is 0 Å². The Labute approximate surface area is 66.6 Å². The third-order valence-electron chi connectivity index (χ3n) is 1.58. The Hall–Kier alpha value is -0.130. The van der Waals surface area contributed by atoms with Gasteiger partial charge in [0.1, 0.15) is 0 Å². The van der Waals surface area contributed by atoms with Gasteiger partial charge in [0, 0.05) is 6.61 Å². The number of ether oxygens (including phenoxy) is 1. The molecule has 0 bridgehead atoms. The first-order valence-electron chi connectivity index (χ1n) is 3.63. The minimum absolute atomic E-state index is 0.00340. The zero-order valence-corrected chi connectivity index (χ0v) is 7.26. The highest BCUT2D eigenvalue weighted by Crippen LogP contribution is 2.11.